The molecule has 3 saturated heterocycles. The van der Waals surface area contributed by atoms with E-state index in [1.54, 1.807) is 48.5 Å². The van der Waals surface area contributed by atoms with Crippen molar-refractivity contribution in [3.63, 3.8) is 0 Å². The van der Waals surface area contributed by atoms with Crippen molar-refractivity contribution in [3.8, 4) is 17.1 Å². The lowest BCUT2D eigenvalue weighted by Gasteiger charge is -2.48. The van der Waals surface area contributed by atoms with Gasteiger partial charge in [0.05, 0.1) is 25.2 Å². The molecular weight excluding hydrogens is 684 g/mol. The highest BCUT2D eigenvalue weighted by atomic mass is 16.8. The first kappa shape index (κ1) is 37.6. The molecule has 0 aliphatic carbocycles. The van der Waals surface area contributed by atoms with Crippen LogP contribution in [0.5, 0.6) is 5.75 Å². The fourth-order valence-electron chi connectivity index (χ4n) is 6.22. The molecule has 0 unspecified atom stereocenters. The summed E-state index contributed by atoms with van der Waals surface area (Å²) >= 11 is 0. The summed E-state index contributed by atoms with van der Waals surface area (Å²) in [6, 6.07) is 14.7. The molecule has 6 rings (SSSR count). The molecule has 280 valence electrons. The van der Waals surface area contributed by atoms with Gasteiger partial charge in [0, 0.05) is 5.56 Å². The van der Waals surface area contributed by atoms with Crippen LogP contribution >= 0.6 is 0 Å². The number of hydrogen-bond acceptors (Lipinski definition) is 18. The highest BCUT2D eigenvalue weighted by Gasteiger charge is 2.54. The van der Waals surface area contributed by atoms with Crippen molar-refractivity contribution in [2.45, 2.75) is 92.1 Å². The van der Waals surface area contributed by atoms with Gasteiger partial charge in [-0.3, -0.25) is 4.79 Å². The smallest absolute Gasteiger partial charge is 0.235 e. The lowest BCUT2D eigenvalue weighted by molar-refractivity contribution is -0.389. The second-order valence-electron chi connectivity index (χ2n) is 12.4. The number of rotatable bonds is 10. The van der Waals surface area contributed by atoms with E-state index in [-0.39, 0.29) is 16.7 Å². The van der Waals surface area contributed by atoms with E-state index in [1.165, 1.54) is 6.07 Å². The van der Waals surface area contributed by atoms with Gasteiger partial charge in [-0.25, -0.2) is 0 Å². The molecule has 0 bridgehead atoms. The Balaban J connectivity index is 1.37. The molecule has 51 heavy (non-hydrogen) atoms. The Bertz CT molecular complexity index is 1650. The van der Waals surface area contributed by atoms with Crippen LogP contribution in [0.1, 0.15) is 0 Å². The number of aliphatic hydroxyl groups is 10. The third kappa shape index (κ3) is 7.27. The Morgan fingerprint density at radius 3 is 1.65 bits per heavy atom. The zero-order chi connectivity index (χ0) is 36.6. The number of fused-ring (bicyclic) bond motifs is 1. The van der Waals surface area contributed by atoms with Crippen molar-refractivity contribution in [2.75, 3.05) is 19.8 Å². The SMILES string of the molecule is O=c1c(O[C@@H]2O[C@H](CO)[C@@H](O)[C@H](O)[C@H]2O[C@@H]2O[C@H](CO)[C@@H](O)[C@H](O)[C@H]2O[C@@H]2O[C@H](CO)[C@@H](O)[C@H](O)[C@H]2O)c(-c2ccccc2)oc2ccccc12. The summed E-state index contributed by atoms with van der Waals surface area (Å²) in [7, 11) is 0. The predicted molar refractivity (Wildman–Crippen MR) is 168 cm³/mol. The second kappa shape index (κ2) is 15.8. The molecule has 3 aromatic rings. The maximum atomic E-state index is 13.9. The molecule has 3 fully saturated rings. The largest absolute Gasteiger partial charge is 0.454 e. The summed E-state index contributed by atoms with van der Waals surface area (Å²) in [6.07, 6.45) is -26.9. The summed E-state index contributed by atoms with van der Waals surface area (Å²) < 4.78 is 40.7. The maximum Gasteiger partial charge on any atom is 0.235 e. The number of ether oxygens (including phenoxy) is 6. The number of aliphatic hydroxyl groups excluding tert-OH is 10. The molecule has 0 spiro atoms. The van der Waals surface area contributed by atoms with Crippen molar-refractivity contribution in [1.82, 2.24) is 0 Å². The predicted octanol–water partition coefficient (Wildman–Crippen LogP) is -3.71. The summed E-state index contributed by atoms with van der Waals surface area (Å²) in [5, 5.41) is 105. The van der Waals surface area contributed by atoms with E-state index in [0.29, 0.717) is 5.56 Å². The van der Waals surface area contributed by atoms with Gasteiger partial charge >= 0.3 is 0 Å². The van der Waals surface area contributed by atoms with Crippen molar-refractivity contribution < 1.29 is 83.9 Å². The molecule has 0 saturated carbocycles. The lowest BCUT2D eigenvalue weighted by Crippen LogP contribution is -2.67. The van der Waals surface area contributed by atoms with Crippen LogP contribution in [0.25, 0.3) is 22.3 Å². The monoisotopic (exact) mass is 724 g/mol. The zero-order valence-electron chi connectivity index (χ0n) is 26.7. The summed E-state index contributed by atoms with van der Waals surface area (Å²) in [5.74, 6) is -0.444. The van der Waals surface area contributed by atoms with Crippen LogP contribution < -0.4 is 10.2 Å². The molecule has 3 aliphatic heterocycles. The Labute approximate surface area is 288 Å². The van der Waals surface area contributed by atoms with Crippen molar-refractivity contribution in [2.24, 2.45) is 0 Å². The van der Waals surface area contributed by atoms with E-state index >= 15 is 0 Å². The fraction of sp³-hybridized carbons (Fsp3) is 0.545. The Kier molecular flexibility index (Phi) is 11.7. The molecular formula is C33H40O18. The van der Waals surface area contributed by atoms with E-state index < -0.39 is 123 Å². The third-order valence-electron chi connectivity index (χ3n) is 9.11. The summed E-state index contributed by atoms with van der Waals surface area (Å²) in [6.45, 7) is -2.49. The van der Waals surface area contributed by atoms with Crippen molar-refractivity contribution >= 4 is 11.0 Å². The topological polar surface area (TPSA) is 288 Å². The van der Waals surface area contributed by atoms with Gasteiger partial charge in [-0.15, -0.1) is 0 Å². The third-order valence-corrected chi connectivity index (χ3v) is 9.11. The van der Waals surface area contributed by atoms with Gasteiger partial charge in [0.1, 0.15) is 72.7 Å². The van der Waals surface area contributed by atoms with Crippen LogP contribution in [0.3, 0.4) is 0 Å². The normalized spacial score (nSPS) is 38.8. The number of hydrogen-bond donors (Lipinski definition) is 10. The van der Waals surface area contributed by atoms with E-state index in [1.807, 2.05) is 0 Å². The molecule has 18 heteroatoms. The Morgan fingerprint density at radius 1 is 0.549 bits per heavy atom. The molecule has 10 N–H and O–H groups in total. The average Bonchev–Trinajstić information content (AvgIpc) is 3.15. The molecule has 18 nitrogen and oxygen atoms in total. The van der Waals surface area contributed by atoms with E-state index in [4.69, 9.17) is 32.8 Å². The first-order valence-corrected chi connectivity index (χ1v) is 16.1. The zero-order valence-corrected chi connectivity index (χ0v) is 26.7. The molecule has 0 amide bonds. The van der Waals surface area contributed by atoms with E-state index in [2.05, 4.69) is 0 Å². The fourth-order valence-corrected chi connectivity index (χ4v) is 6.22. The van der Waals surface area contributed by atoms with Crippen LogP contribution in [0, 0.1) is 0 Å². The van der Waals surface area contributed by atoms with Crippen LogP contribution in [0.2, 0.25) is 0 Å². The van der Waals surface area contributed by atoms with E-state index in [9.17, 15) is 55.9 Å². The standard InChI is InChI=1S/C33H40O18/c34-10-16-20(38)23(41)26(44)31(46-16)50-29-24(42)21(39)18(12-36)48-33(29)51-30-25(43)22(40)17(11-35)47-32(30)49-28-19(37)14-8-4-5-9-15(14)45-27(28)13-6-2-1-3-7-13/h1-9,16-18,20-26,29-36,38-44H,10-12H2/t16-,17-,18-,20-,21-,22-,23+,24+,25+,26-,29-,30-,31+,32+,33+/m1/s1. The molecule has 1 aromatic heterocycles. The van der Waals surface area contributed by atoms with Gasteiger partial charge in [0.25, 0.3) is 0 Å². The minimum atomic E-state index is -1.97. The van der Waals surface area contributed by atoms with E-state index in [0.717, 1.165) is 0 Å². The summed E-state index contributed by atoms with van der Waals surface area (Å²) in [4.78, 5) is 13.9. The Morgan fingerprint density at radius 2 is 1.04 bits per heavy atom. The van der Waals surface area contributed by atoms with Crippen LogP contribution in [-0.2, 0) is 23.7 Å². The molecule has 4 heterocycles. The molecule has 2 aromatic carbocycles. The highest BCUT2D eigenvalue weighted by molar-refractivity contribution is 5.81. The van der Waals surface area contributed by atoms with Gasteiger partial charge < -0.3 is 83.9 Å². The summed E-state index contributed by atoms with van der Waals surface area (Å²) in [5.41, 5.74) is -0.0218. The first-order valence-electron chi connectivity index (χ1n) is 16.1. The first-order chi connectivity index (χ1) is 24.5. The van der Waals surface area contributed by atoms with Gasteiger partial charge in [-0.2, -0.15) is 0 Å². The van der Waals surface area contributed by atoms with Crippen LogP contribution in [-0.4, -0.2) is 163 Å². The molecule has 3 aliphatic rings. The molecule has 0 radical (unpaired) electrons. The van der Waals surface area contributed by atoms with Crippen molar-refractivity contribution in [1.29, 1.82) is 0 Å². The Hall–Kier alpha value is -3.15. The van der Waals surface area contributed by atoms with Crippen molar-refractivity contribution in [3.05, 3.63) is 64.8 Å². The average molecular weight is 725 g/mol. The van der Waals surface area contributed by atoms with Crippen LogP contribution in [0.15, 0.2) is 63.8 Å². The maximum absolute atomic E-state index is 13.9. The second-order valence-corrected chi connectivity index (χ2v) is 12.4. The quantitative estimate of drug-likeness (QED) is 0.0962. The van der Waals surface area contributed by atoms with Crippen LogP contribution in [0.4, 0.5) is 0 Å². The van der Waals surface area contributed by atoms with Gasteiger partial charge in [0.15, 0.2) is 24.4 Å². The number of benzene rings is 2. The molecule has 15 atom stereocenters. The highest BCUT2D eigenvalue weighted by Crippen LogP contribution is 2.36. The minimum Gasteiger partial charge on any atom is -0.454 e. The minimum absolute atomic E-state index is 0.0422. The lowest BCUT2D eigenvalue weighted by atomic mass is 9.96. The van der Waals surface area contributed by atoms with Gasteiger partial charge in [0.2, 0.25) is 17.5 Å². The van der Waals surface area contributed by atoms with Gasteiger partial charge in [-0.1, -0.05) is 42.5 Å². The number of para-hydroxylation sites is 1. The van der Waals surface area contributed by atoms with Gasteiger partial charge in [-0.05, 0) is 12.1 Å².